The van der Waals surface area contributed by atoms with Crippen LogP contribution in [-0.4, -0.2) is 58.9 Å². The van der Waals surface area contributed by atoms with E-state index in [0.717, 1.165) is 11.1 Å². The molecule has 2 aromatic rings. The van der Waals surface area contributed by atoms with Gasteiger partial charge in [-0.1, -0.05) is 24.3 Å². The first-order valence-corrected chi connectivity index (χ1v) is 9.50. The van der Waals surface area contributed by atoms with Crippen molar-refractivity contribution < 1.29 is 19.8 Å². The van der Waals surface area contributed by atoms with E-state index in [9.17, 15) is 19.8 Å². The minimum atomic E-state index is -0.761. The summed E-state index contributed by atoms with van der Waals surface area (Å²) in [5.41, 5.74) is 3.15. The summed E-state index contributed by atoms with van der Waals surface area (Å²) in [6, 6.07) is 11.1. The summed E-state index contributed by atoms with van der Waals surface area (Å²) in [5.74, 6) is -1.53. The fourth-order valence-electron chi connectivity index (χ4n) is 3.50. The Morgan fingerprint density at radius 3 is 2.41 bits per heavy atom. The zero-order chi connectivity index (χ0) is 21.3. The molecule has 6 nitrogen and oxygen atoms in total. The van der Waals surface area contributed by atoms with Crippen molar-refractivity contribution in [2.45, 2.75) is 19.9 Å². The van der Waals surface area contributed by atoms with E-state index >= 15 is 0 Å². The number of nitrogens with zero attached hydrogens (tertiary/aromatic N) is 2. The molecule has 1 fully saturated rings. The second-order valence-electron chi connectivity index (χ2n) is 7.69. The number of aliphatic hydroxyl groups excluding tert-OH is 1. The molecule has 2 N–H and O–H groups in total. The number of aromatic hydroxyl groups is 1. The van der Waals surface area contributed by atoms with Gasteiger partial charge in [0, 0.05) is 18.7 Å². The smallest absolute Gasteiger partial charge is 0.295 e. The number of benzene rings is 2. The molecule has 152 valence electrons. The Morgan fingerprint density at radius 2 is 1.79 bits per heavy atom. The number of ketones is 1. The van der Waals surface area contributed by atoms with Crippen molar-refractivity contribution in [2.75, 3.05) is 27.2 Å². The number of hydrogen-bond donors (Lipinski definition) is 2. The number of Topliss-reactive ketones (excluding diaryl/α,β-unsaturated/α-hetero) is 1. The topological polar surface area (TPSA) is 81.1 Å². The second-order valence-corrected chi connectivity index (χ2v) is 7.69. The third-order valence-corrected chi connectivity index (χ3v) is 5.29. The lowest BCUT2D eigenvalue weighted by atomic mass is 9.94. The van der Waals surface area contributed by atoms with Crippen LogP contribution in [0.2, 0.25) is 0 Å². The zero-order valence-corrected chi connectivity index (χ0v) is 17.1. The summed E-state index contributed by atoms with van der Waals surface area (Å²) in [4.78, 5) is 29.1. The van der Waals surface area contributed by atoms with Gasteiger partial charge in [-0.25, -0.2) is 0 Å². The summed E-state index contributed by atoms with van der Waals surface area (Å²) in [6.45, 7) is 4.77. The monoisotopic (exact) mass is 394 g/mol. The van der Waals surface area contributed by atoms with Gasteiger partial charge < -0.3 is 20.0 Å². The zero-order valence-electron chi connectivity index (χ0n) is 17.1. The van der Waals surface area contributed by atoms with E-state index in [0.29, 0.717) is 24.2 Å². The van der Waals surface area contributed by atoms with E-state index in [4.69, 9.17) is 0 Å². The third-order valence-electron chi connectivity index (χ3n) is 5.29. The van der Waals surface area contributed by atoms with Crippen molar-refractivity contribution in [3.05, 3.63) is 70.3 Å². The molecule has 1 aliphatic rings. The van der Waals surface area contributed by atoms with Crippen molar-refractivity contribution in [2.24, 2.45) is 0 Å². The van der Waals surface area contributed by atoms with E-state index in [1.165, 1.54) is 17.0 Å². The first-order valence-electron chi connectivity index (χ1n) is 9.50. The fourth-order valence-corrected chi connectivity index (χ4v) is 3.50. The Morgan fingerprint density at radius 1 is 1.07 bits per heavy atom. The average molecular weight is 394 g/mol. The molecular weight excluding hydrogens is 368 g/mol. The minimum absolute atomic E-state index is 0.0341. The molecule has 0 aromatic heterocycles. The van der Waals surface area contributed by atoms with Crippen molar-refractivity contribution in [1.82, 2.24) is 9.80 Å². The molecule has 1 unspecified atom stereocenters. The van der Waals surface area contributed by atoms with Gasteiger partial charge in [0.25, 0.3) is 11.7 Å². The largest absolute Gasteiger partial charge is 0.508 e. The molecule has 2 aromatic carbocycles. The highest BCUT2D eigenvalue weighted by atomic mass is 16.3. The van der Waals surface area contributed by atoms with E-state index in [1.807, 2.05) is 38.9 Å². The van der Waals surface area contributed by atoms with Gasteiger partial charge in [0.2, 0.25) is 0 Å². The highest BCUT2D eigenvalue weighted by Gasteiger charge is 2.46. The number of aliphatic hydroxyl groups is 1. The van der Waals surface area contributed by atoms with Crippen LogP contribution in [0.25, 0.3) is 5.76 Å². The summed E-state index contributed by atoms with van der Waals surface area (Å²) in [7, 11) is 3.77. The van der Waals surface area contributed by atoms with E-state index in [1.54, 1.807) is 24.3 Å². The first-order chi connectivity index (χ1) is 13.7. The summed E-state index contributed by atoms with van der Waals surface area (Å²) < 4.78 is 0. The summed E-state index contributed by atoms with van der Waals surface area (Å²) in [5, 5.41) is 21.0. The maximum atomic E-state index is 12.9. The normalized spacial score (nSPS) is 18.7. The Hall–Kier alpha value is -3.12. The van der Waals surface area contributed by atoms with Gasteiger partial charge in [-0.2, -0.15) is 0 Å². The predicted molar refractivity (Wildman–Crippen MR) is 112 cm³/mol. The molecule has 1 aliphatic heterocycles. The number of rotatable bonds is 5. The van der Waals surface area contributed by atoms with Crippen LogP contribution in [0.4, 0.5) is 0 Å². The van der Waals surface area contributed by atoms with Gasteiger partial charge in [0.05, 0.1) is 11.6 Å². The van der Waals surface area contributed by atoms with Gasteiger partial charge in [-0.15, -0.1) is 0 Å². The van der Waals surface area contributed by atoms with Crippen molar-refractivity contribution in [3.63, 3.8) is 0 Å². The molecule has 0 spiro atoms. The van der Waals surface area contributed by atoms with Gasteiger partial charge in [0.1, 0.15) is 11.5 Å². The number of carbonyl (C=O) groups excluding carboxylic acids is 2. The molecule has 0 radical (unpaired) electrons. The molecule has 1 amide bonds. The Bertz CT molecular complexity index is 994. The maximum absolute atomic E-state index is 12.9. The van der Waals surface area contributed by atoms with Gasteiger partial charge in [-0.3, -0.25) is 9.59 Å². The molecule has 0 saturated carbocycles. The van der Waals surface area contributed by atoms with Crippen LogP contribution < -0.4 is 0 Å². The summed E-state index contributed by atoms with van der Waals surface area (Å²) in [6.07, 6.45) is 0. The van der Waals surface area contributed by atoms with Gasteiger partial charge in [0.15, 0.2) is 0 Å². The lowest BCUT2D eigenvalue weighted by Gasteiger charge is -2.26. The second kappa shape index (κ2) is 8.09. The van der Waals surface area contributed by atoms with Crippen LogP contribution >= 0.6 is 0 Å². The maximum Gasteiger partial charge on any atom is 0.295 e. The highest BCUT2D eigenvalue weighted by molar-refractivity contribution is 6.46. The molecule has 1 saturated heterocycles. The molecule has 0 aliphatic carbocycles. The number of carbonyl (C=O) groups is 2. The number of phenolic OH excluding ortho intramolecular Hbond substituents is 1. The predicted octanol–water partition coefficient (Wildman–Crippen LogP) is 2.99. The van der Waals surface area contributed by atoms with Crippen LogP contribution in [0.15, 0.2) is 48.0 Å². The molecule has 6 heteroatoms. The lowest BCUT2D eigenvalue weighted by molar-refractivity contribution is -0.140. The van der Waals surface area contributed by atoms with Crippen LogP contribution in [0.3, 0.4) is 0 Å². The molecule has 29 heavy (non-hydrogen) atoms. The van der Waals surface area contributed by atoms with Crippen LogP contribution in [0, 0.1) is 13.8 Å². The minimum Gasteiger partial charge on any atom is -0.508 e. The van der Waals surface area contributed by atoms with Gasteiger partial charge >= 0.3 is 0 Å². The quantitative estimate of drug-likeness (QED) is 0.463. The van der Waals surface area contributed by atoms with Crippen LogP contribution in [0.5, 0.6) is 5.75 Å². The van der Waals surface area contributed by atoms with Gasteiger partial charge in [-0.05, 0) is 62.8 Å². The number of aryl methyl sites for hydroxylation is 2. The summed E-state index contributed by atoms with van der Waals surface area (Å²) >= 11 is 0. The molecular formula is C23H26N2O4. The Labute approximate surface area is 170 Å². The van der Waals surface area contributed by atoms with Crippen molar-refractivity contribution in [3.8, 4) is 5.75 Å². The highest BCUT2D eigenvalue weighted by Crippen LogP contribution is 2.40. The molecule has 0 bridgehead atoms. The van der Waals surface area contributed by atoms with Crippen LogP contribution in [-0.2, 0) is 9.59 Å². The van der Waals surface area contributed by atoms with Crippen molar-refractivity contribution in [1.29, 1.82) is 0 Å². The number of likely N-dealkylation sites (tertiary alicyclic amines) is 1. The molecule has 1 atom stereocenters. The van der Waals surface area contributed by atoms with E-state index in [2.05, 4.69) is 0 Å². The third kappa shape index (κ3) is 4.03. The molecule has 3 rings (SSSR count). The Kier molecular flexibility index (Phi) is 5.75. The molecule has 1 heterocycles. The van der Waals surface area contributed by atoms with E-state index < -0.39 is 17.7 Å². The van der Waals surface area contributed by atoms with E-state index in [-0.39, 0.29) is 17.1 Å². The SMILES string of the molecule is Cc1ccc(/C(O)=C2/C(=O)C(=O)N(CCN(C)C)C2c2cccc(O)c2)cc1C. The lowest BCUT2D eigenvalue weighted by Crippen LogP contribution is -2.35. The standard InChI is InChI=1S/C23H26N2O4/c1-14-8-9-17(12-15(14)2)21(27)19-20(16-6-5-7-18(26)13-16)25(11-10-24(3)4)23(29)22(19)28/h5-9,12-13,20,26-27H,10-11H2,1-4H3/b21-19-. The average Bonchev–Trinajstić information content (AvgIpc) is 2.92. The fraction of sp³-hybridized carbons (Fsp3) is 0.304. The number of phenols is 1. The van der Waals surface area contributed by atoms with Crippen molar-refractivity contribution >= 4 is 17.4 Å². The number of likely N-dealkylation sites (N-methyl/N-ethyl adjacent to an activating group) is 1. The first kappa shape index (κ1) is 20.6. The number of amides is 1. The Balaban J connectivity index is 2.17. The number of hydrogen-bond acceptors (Lipinski definition) is 5. The van der Waals surface area contributed by atoms with Crippen LogP contribution in [0.1, 0.15) is 28.3 Å².